The number of nitrogens with zero attached hydrogens (tertiary/aromatic N) is 2. The summed E-state index contributed by atoms with van der Waals surface area (Å²) in [6.45, 7) is 2.79. The van der Waals surface area contributed by atoms with Crippen LogP contribution in [0.4, 0.5) is 0 Å². The first-order valence-corrected chi connectivity index (χ1v) is 4.02. The Hall–Kier alpha value is -0.870. The number of aryl methyl sites for hydroxylation is 1. The van der Waals surface area contributed by atoms with Crippen molar-refractivity contribution in [1.82, 2.24) is 15.1 Å². The van der Waals surface area contributed by atoms with E-state index in [1.807, 2.05) is 27.1 Å². The highest BCUT2D eigenvalue weighted by Gasteiger charge is 2.09. The van der Waals surface area contributed by atoms with Gasteiger partial charge in [0.25, 0.3) is 0 Å². The Kier molecular flexibility index (Phi) is 2.83. The summed E-state index contributed by atoms with van der Waals surface area (Å²) in [5.74, 6) is 0. The maximum Gasteiger partial charge on any atom is 0.0805 e. The van der Waals surface area contributed by atoms with Gasteiger partial charge in [-0.2, -0.15) is 5.10 Å². The van der Waals surface area contributed by atoms with Crippen molar-refractivity contribution in [3.63, 3.8) is 0 Å². The summed E-state index contributed by atoms with van der Waals surface area (Å²) in [5.41, 5.74) is 7.87. The summed E-state index contributed by atoms with van der Waals surface area (Å²) in [6, 6.07) is 1.98. The zero-order valence-electron chi connectivity index (χ0n) is 7.83. The molecule has 12 heavy (non-hydrogen) atoms. The highest BCUT2D eigenvalue weighted by Crippen LogP contribution is 2.07. The van der Waals surface area contributed by atoms with Crippen molar-refractivity contribution in [1.29, 1.82) is 0 Å². The molecule has 1 aromatic rings. The number of hydrogen-bond acceptors (Lipinski definition) is 3. The van der Waals surface area contributed by atoms with E-state index in [0.29, 0.717) is 0 Å². The van der Waals surface area contributed by atoms with Crippen LogP contribution in [0.5, 0.6) is 0 Å². The molecule has 1 atom stereocenters. The Morgan fingerprint density at radius 3 is 2.75 bits per heavy atom. The molecule has 0 aliphatic carbocycles. The van der Waals surface area contributed by atoms with Crippen LogP contribution >= 0.6 is 0 Å². The van der Waals surface area contributed by atoms with Gasteiger partial charge in [-0.3, -0.25) is 5.10 Å². The fraction of sp³-hybridized carbons (Fsp3) is 0.625. The number of H-pyrrole nitrogens is 1. The molecule has 0 aliphatic heterocycles. The smallest absolute Gasteiger partial charge is 0.0805 e. The monoisotopic (exact) mass is 168 g/mol. The standard InChI is InChI=1S/C8H16N4/c1-6-4-8(11-10-6)7(9)5-12(2)3/h4,7H,5,9H2,1-3H3,(H,10,11). The second kappa shape index (κ2) is 3.69. The molecule has 1 rings (SSSR count). The highest BCUT2D eigenvalue weighted by atomic mass is 15.1. The highest BCUT2D eigenvalue weighted by molar-refractivity contribution is 5.10. The lowest BCUT2D eigenvalue weighted by atomic mass is 10.2. The molecule has 0 amide bonds. The number of likely N-dealkylation sites (N-methyl/N-ethyl adjacent to an activating group) is 1. The summed E-state index contributed by atoms with van der Waals surface area (Å²) >= 11 is 0. The van der Waals surface area contributed by atoms with E-state index in [1.165, 1.54) is 0 Å². The van der Waals surface area contributed by atoms with Crippen LogP contribution in [0.25, 0.3) is 0 Å². The topological polar surface area (TPSA) is 57.9 Å². The Morgan fingerprint density at radius 2 is 2.33 bits per heavy atom. The number of hydrogen-bond donors (Lipinski definition) is 2. The van der Waals surface area contributed by atoms with E-state index in [9.17, 15) is 0 Å². The summed E-state index contributed by atoms with van der Waals surface area (Å²) in [6.07, 6.45) is 0. The quantitative estimate of drug-likeness (QED) is 0.681. The van der Waals surface area contributed by atoms with E-state index in [1.54, 1.807) is 0 Å². The van der Waals surface area contributed by atoms with Crippen molar-refractivity contribution in [2.24, 2.45) is 5.73 Å². The molecule has 3 N–H and O–H groups in total. The van der Waals surface area contributed by atoms with Crippen molar-refractivity contribution in [3.8, 4) is 0 Å². The van der Waals surface area contributed by atoms with Gasteiger partial charge in [0, 0.05) is 12.2 Å². The van der Waals surface area contributed by atoms with Crippen LogP contribution in [-0.2, 0) is 0 Å². The predicted octanol–water partition coefficient (Wildman–Crippen LogP) is 0.280. The van der Waals surface area contributed by atoms with Gasteiger partial charge in [0.1, 0.15) is 0 Å². The van der Waals surface area contributed by atoms with Crippen LogP contribution in [-0.4, -0.2) is 35.7 Å². The molecule has 0 radical (unpaired) electrons. The molecular formula is C8H16N4. The minimum Gasteiger partial charge on any atom is -0.322 e. The molecule has 1 aromatic heterocycles. The van der Waals surface area contributed by atoms with Gasteiger partial charge >= 0.3 is 0 Å². The van der Waals surface area contributed by atoms with E-state index in [-0.39, 0.29) is 6.04 Å². The normalized spacial score (nSPS) is 13.8. The van der Waals surface area contributed by atoms with Crippen molar-refractivity contribution in [2.75, 3.05) is 20.6 Å². The number of rotatable bonds is 3. The SMILES string of the molecule is Cc1cc(C(N)CN(C)C)n[nH]1. The summed E-state index contributed by atoms with van der Waals surface area (Å²) in [5, 5.41) is 6.97. The molecule has 4 nitrogen and oxygen atoms in total. The molecule has 0 bridgehead atoms. The van der Waals surface area contributed by atoms with E-state index >= 15 is 0 Å². The van der Waals surface area contributed by atoms with Crippen molar-refractivity contribution < 1.29 is 0 Å². The molecule has 1 unspecified atom stereocenters. The third kappa shape index (κ3) is 2.32. The lowest BCUT2D eigenvalue weighted by Crippen LogP contribution is -2.26. The molecule has 1 heterocycles. The number of aromatic amines is 1. The van der Waals surface area contributed by atoms with Gasteiger partial charge in [0.05, 0.1) is 11.7 Å². The lowest BCUT2D eigenvalue weighted by Gasteiger charge is -2.14. The second-order valence-electron chi connectivity index (χ2n) is 3.34. The molecule has 0 saturated heterocycles. The van der Waals surface area contributed by atoms with Gasteiger partial charge in [0.2, 0.25) is 0 Å². The summed E-state index contributed by atoms with van der Waals surface area (Å²) in [4.78, 5) is 2.05. The average molecular weight is 168 g/mol. The van der Waals surface area contributed by atoms with E-state index in [4.69, 9.17) is 5.73 Å². The fourth-order valence-corrected chi connectivity index (χ4v) is 1.12. The molecule has 0 saturated carbocycles. The fourth-order valence-electron chi connectivity index (χ4n) is 1.12. The molecule has 68 valence electrons. The van der Waals surface area contributed by atoms with Crippen LogP contribution in [0.3, 0.4) is 0 Å². The summed E-state index contributed by atoms with van der Waals surface area (Å²) < 4.78 is 0. The minimum absolute atomic E-state index is 0.00458. The lowest BCUT2D eigenvalue weighted by molar-refractivity contribution is 0.373. The molecular weight excluding hydrogens is 152 g/mol. The molecule has 4 heteroatoms. The van der Waals surface area contributed by atoms with E-state index < -0.39 is 0 Å². The third-order valence-corrected chi connectivity index (χ3v) is 1.67. The van der Waals surface area contributed by atoms with Gasteiger partial charge < -0.3 is 10.6 Å². The molecule has 0 fully saturated rings. The Balaban J connectivity index is 2.58. The van der Waals surface area contributed by atoms with Crippen LogP contribution in [0.2, 0.25) is 0 Å². The first-order chi connectivity index (χ1) is 5.59. The maximum atomic E-state index is 5.89. The molecule has 0 spiro atoms. The van der Waals surface area contributed by atoms with Gasteiger partial charge in [-0.25, -0.2) is 0 Å². The summed E-state index contributed by atoms with van der Waals surface area (Å²) in [7, 11) is 4.00. The maximum absolute atomic E-state index is 5.89. The predicted molar refractivity (Wildman–Crippen MR) is 48.8 cm³/mol. The zero-order valence-corrected chi connectivity index (χ0v) is 7.83. The number of aromatic nitrogens is 2. The Morgan fingerprint density at radius 1 is 1.67 bits per heavy atom. The minimum atomic E-state index is 0.00458. The Bertz CT molecular complexity index is 241. The van der Waals surface area contributed by atoms with Gasteiger partial charge in [-0.15, -0.1) is 0 Å². The Labute approximate surface area is 72.8 Å². The van der Waals surface area contributed by atoms with Crippen molar-refractivity contribution in [3.05, 3.63) is 17.5 Å². The first kappa shape index (κ1) is 9.22. The van der Waals surface area contributed by atoms with E-state index in [2.05, 4.69) is 15.1 Å². The molecule has 0 aromatic carbocycles. The third-order valence-electron chi connectivity index (χ3n) is 1.67. The number of nitrogens with one attached hydrogen (secondary N) is 1. The molecule has 0 aliphatic rings. The van der Waals surface area contributed by atoms with E-state index in [0.717, 1.165) is 17.9 Å². The van der Waals surface area contributed by atoms with Gasteiger partial charge in [-0.1, -0.05) is 0 Å². The average Bonchev–Trinajstić information content (AvgIpc) is 2.34. The largest absolute Gasteiger partial charge is 0.322 e. The first-order valence-electron chi connectivity index (χ1n) is 4.02. The van der Waals surface area contributed by atoms with Crippen LogP contribution in [0.1, 0.15) is 17.4 Å². The van der Waals surface area contributed by atoms with Crippen LogP contribution < -0.4 is 5.73 Å². The van der Waals surface area contributed by atoms with Crippen LogP contribution in [0.15, 0.2) is 6.07 Å². The van der Waals surface area contributed by atoms with Crippen molar-refractivity contribution >= 4 is 0 Å². The van der Waals surface area contributed by atoms with Gasteiger partial charge in [-0.05, 0) is 27.1 Å². The van der Waals surface area contributed by atoms with Crippen molar-refractivity contribution in [2.45, 2.75) is 13.0 Å². The van der Waals surface area contributed by atoms with Crippen LogP contribution in [0, 0.1) is 6.92 Å². The zero-order chi connectivity index (χ0) is 9.14. The second-order valence-corrected chi connectivity index (χ2v) is 3.34. The van der Waals surface area contributed by atoms with Gasteiger partial charge in [0.15, 0.2) is 0 Å². The number of nitrogens with two attached hydrogens (primary N) is 1.